The van der Waals surface area contributed by atoms with Crippen molar-refractivity contribution in [2.24, 2.45) is 0 Å². The third-order valence-corrected chi connectivity index (χ3v) is 5.73. The zero-order chi connectivity index (χ0) is 20.5. The molecule has 2 aromatic heterocycles. The minimum atomic E-state index is 0.571. The Kier molecular flexibility index (Phi) is 4.66. The van der Waals surface area contributed by atoms with Crippen LogP contribution in [-0.4, -0.2) is 9.97 Å². The van der Waals surface area contributed by atoms with E-state index in [9.17, 15) is 5.26 Å². The van der Waals surface area contributed by atoms with Gasteiger partial charge in [0.05, 0.1) is 17.0 Å². The maximum Gasteiger partial charge on any atom is 0.102 e. The normalized spacial score (nSPS) is 10.8. The largest absolute Gasteiger partial charge is 0.361 e. The van der Waals surface area contributed by atoms with Gasteiger partial charge in [-0.25, -0.2) is 4.98 Å². The van der Waals surface area contributed by atoms with E-state index in [-0.39, 0.29) is 0 Å². The number of nitrogens with one attached hydrogen (secondary N) is 1. The molecule has 5 aromatic rings. The molecule has 0 aliphatic rings. The van der Waals surface area contributed by atoms with Crippen LogP contribution < -0.4 is 0 Å². The van der Waals surface area contributed by atoms with E-state index in [1.54, 1.807) is 0 Å². The molecular formula is C26H16BrN3. The molecule has 1 N–H and O–H groups in total. The number of hydrogen-bond acceptors (Lipinski definition) is 2. The quantitative estimate of drug-likeness (QED) is 0.316. The van der Waals surface area contributed by atoms with Crippen molar-refractivity contribution in [1.82, 2.24) is 9.97 Å². The molecule has 0 spiro atoms. The molecule has 0 radical (unpaired) electrons. The number of nitriles is 1. The van der Waals surface area contributed by atoms with E-state index in [4.69, 9.17) is 4.98 Å². The number of halogens is 1. The maximum absolute atomic E-state index is 10.1. The van der Waals surface area contributed by atoms with Crippen molar-refractivity contribution >= 4 is 26.8 Å². The Morgan fingerprint density at radius 3 is 2.30 bits per heavy atom. The number of fused-ring (bicyclic) bond motifs is 1. The maximum atomic E-state index is 10.1. The van der Waals surface area contributed by atoms with E-state index < -0.39 is 0 Å². The first-order valence-corrected chi connectivity index (χ1v) is 10.4. The summed E-state index contributed by atoms with van der Waals surface area (Å²) in [6.45, 7) is 0. The van der Waals surface area contributed by atoms with Gasteiger partial charge >= 0.3 is 0 Å². The SMILES string of the molecule is N#Cc1c(-c2c[nH]c3ccccc23)cc(-c2ccccc2)nc1-c1ccc(Br)cc1. The first-order chi connectivity index (χ1) is 14.7. The summed E-state index contributed by atoms with van der Waals surface area (Å²) in [6.07, 6.45) is 1.97. The lowest BCUT2D eigenvalue weighted by molar-refractivity contribution is 1.30. The second kappa shape index (κ2) is 7.62. The predicted molar refractivity (Wildman–Crippen MR) is 125 cm³/mol. The summed E-state index contributed by atoms with van der Waals surface area (Å²) in [7, 11) is 0. The highest BCUT2D eigenvalue weighted by molar-refractivity contribution is 9.10. The third-order valence-electron chi connectivity index (χ3n) is 5.20. The highest BCUT2D eigenvalue weighted by Gasteiger charge is 2.18. The fraction of sp³-hybridized carbons (Fsp3) is 0. The fourth-order valence-corrected chi connectivity index (χ4v) is 4.00. The number of rotatable bonds is 3. The van der Waals surface area contributed by atoms with Gasteiger partial charge in [-0.05, 0) is 24.3 Å². The highest BCUT2D eigenvalue weighted by Crippen LogP contribution is 2.37. The minimum Gasteiger partial charge on any atom is -0.361 e. The van der Waals surface area contributed by atoms with Crippen LogP contribution in [-0.2, 0) is 0 Å². The number of aromatic amines is 1. The summed E-state index contributed by atoms with van der Waals surface area (Å²) in [4.78, 5) is 8.24. The van der Waals surface area contributed by atoms with Gasteiger partial charge in [0.1, 0.15) is 6.07 Å². The molecule has 2 heterocycles. The van der Waals surface area contributed by atoms with Gasteiger partial charge in [0.2, 0.25) is 0 Å². The van der Waals surface area contributed by atoms with Crippen molar-refractivity contribution in [2.45, 2.75) is 0 Å². The molecule has 142 valence electrons. The van der Waals surface area contributed by atoms with E-state index in [0.717, 1.165) is 43.3 Å². The molecule has 3 aromatic carbocycles. The average Bonchev–Trinajstić information content (AvgIpc) is 3.23. The molecule has 0 atom stereocenters. The summed E-state index contributed by atoms with van der Waals surface area (Å²) in [6, 6.07) is 30.6. The minimum absolute atomic E-state index is 0.571. The number of pyridine rings is 1. The van der Waals surface area contributed by atoms with Gasteiger partial charge < -0.3 is 4.98 Å². The lowest BCUT2D eigenvalue weighted by Gasteiger charge is -2.13. The number of aromatic nitrogens is 2. The van der Waals surface area contributed by atoms with Crippen molar-refractivity contribution in [3.63, 3.8) is 0 Å². The van der Waals surface area contributed by atoms with Gasteiger partial charge in [-0.3, -0.25) is 0 Å². The lowest BCUT2D eigenvalue weighted by atomic mass is 9.94. The van der Waals surface area contributed by atoms with Gasteiger partial charge in [-0.1, -0.05) is 76.6 Å². The second-order valence-electron chi connectivity index (χ2n) is 7.01. The average molecular weight is 450 g/mol. The molecule has 3 nitrogen and oxygen atoms in total. The van der Waals surface area contributed by atoms with Crippen LogP contribution in [0.3, 0.4) is 0 Å². The van der Waals surface area contributed by atoms with Crippen LogP contribution in [0.5, 0.6) is 0 Å². The topological polar surface area (TPSA) is 52.5 Å². The van der Waals surface area contributed by atoms with Crippen molar-refractivity contribution in [3.05, 3.63) is 101 Å². The fourth-order valence-electron chi connectivity index (χ4n) is 3.74. The first-order valence-electron chi connectivity index (χ1n) is 9.57. The van der Waals surface area contributed by atoms with E-state index in [1.807, 2.05) is 85.1 Å². The van der Waals surface area contributed by atoms with Crippen LogP contribution in [0.4, 0.5) is 0 Å². The number of benzene rings is 3. The van der Waals surface area contributed by atoms with Gasteiger partial charge in [0, 0.05) is 43.8 Å². The Morgan fingerprint density at radius 1 is 0.800 bits per heavy atom. The predicted octanol–water partition coefficient (Wildman–Crippen LogP) is 7.20. The van der Waals surface area contributed by atoms with E-state index in [0.29, 0.717) is 11.3 Å². The molecule has 30 heavy (non-hydrogen) atoms. The van der Waals surface area contributed by atoms with Crippen LogP contribution in [0.1, 0.15) is 5.56 Å². The van der Waals surface area contributed by atoms with Gasteiger partial charge in [-0.15, -0.1) is 0 Å². The lowest BCUT2D eigenvalue weighted by Crippen LogP contribution is -1.96. The number of H-pyrrole nitrogens is 1. The van der Waals surface area contributed by atoms with Crippen molar-refractivity contribution in [3.8, 4) is 39.7 Å². The molecule has 0 aliphatic heterocycles. The second-order valence-corrected chi connectivity index (χ2v) is 7.93. The molecule has 4 heteroatoms. The zero-order valence-electron chi connectivity index (χ0n) is 15.9. The molecule has 0 aliphatic carbocycles. The molecule has 0 bridgehead atoms. The number of hydrogen-bond donors (Lipinski definition) is 1. The number of nitrogens with zero attached hydrogens (tertiary/aromatic N) is 2. The molecule has 0 unspecified atom stereocenters. The standard InChI is InChI=1S/C26H16BrN3/c27-19-12-10-18(11-13-19)26-22(15-28)21(14-25(30-26)17-6-2-1-3-7-17)23-16-29-24-9-5-4-8-20(23)24/h1-14,16,29H. The Labute approximate surface area is 182 Å². The van der Waals surface area contributed by atoms with Crippen molar-refractivity contribution < 1.29 is 0 Å². The smallest absolute Gasteiger partial charge is 0.102 e. The van der Waals surface area contributed by atoms with Crippen LogP contribution in [0.15, 0.2) is 95.6 Å². The van der Waals surface area contributed by atoms with Gasteiger partial charge in [0.25, 0.3) is 0 Å². The van der Waals surface area contributed by atoms with E-state index in [1.165, 1.54) is 0 Å². The summed E-state index contributed by atoms with van der Waals surface area (Å²) in [5, 5.41) is 11.2. The first kappa shape index (κ1) is 18.4. The van der Waals surface area contributed by atoms with Gasteiger partial charge in [-0.2, -0.15) is 5.26 Å². The highest BCUT2D eigenvalue weighted by atomic mass is 79.9. The molecule has 0 saturated heterocycles. The Bertz CT molecular complexity index is 1390. The van der Waals surface area contributed by atoms with Crippen LogP contribution in [0.25, 0.3) is 44.5 Å². The third kappa shape index (κ3) is 3.20. The Hall–Kier alpha value is -3.68. The summed E-state index contributed by atoms with van der Waals surface area (Å²) in [5.74, 6) is 0. The van der Waals surface area contributed by atoms with E-state index >= 15 is 0 Å². The van der Waals surface area contributed by atoms with Crippen molar-refractivity contribution in [1.29, 1.82) is 5.26 Å². The van der Waals surface area contributed by atoms with Crippen LogP contribution in [0, 0.1) is 11.3 Å². The van der Waals surface area contributed by atoms with Gasteiger partial charge in [0.15, 0.2) is 0 Å². The zero-order valence-corrected chi connectivity index (χ0v) is 17.5. The number of para-hydroxylation sites is 1. The summed E-state index contributed by atoms with van der Waals surface area (Å²) >= 11 is 3.49. The molecule has 0 saturated carbocycles. The van der Waals surface area contributed by atoms with Crippen LogP contribution >= 0.6 is 15.9 Å². The van der Waals surface area contributed by atoms with Crippen LogP contribution in [0.2, 0.25) is 0 Å². The monoisotopic (exact) mass is 449 g/mol. The van der Waals surface area contributed by atoms with E-state index in [2.05, 4.69) is 33.0 Å². The molecule has 5 rings (SSSR count). The summed E-state index contributed by atoms with van der Waals surface area (Å²) < 4.78 is 0.987. The molecule has 0 fully saturated rings. The van der Waals surface area contributed by atoms with Crippen molar-refractivity contribution in [2.75, 3.05) is 0 Å². The molecule has 0 amide bonds. The Morgan fingerprint density at radius 2 is 1.53 bits per heavy atom. The molecular weight excluding hydrogens is 434 g/mol. The summed E-state index contributed by atoms with van der Waals surface area (Å²) in [5.41, 5.74) is 6.94. The Balaban J connectivity index is 1.84.